The molecule has 0 radical (unpaired) electrons. The highest BCUT2D eigenvalue weighted by Gasteiger charge is 2.19. The van der Waals surface area contributed by atoms with Crippen molar-refractivity contribution in [3.63, 3.8) is 0 Å². The Balaban J connectivity index is 2.82. The third-order valence-electron chi connectivity index (χ3n) is 1.66. The monoisotopic (exact) mass is 152 g/mol. The van der Waals surface area contributed by atoms with Gasteiger partial charge >= 0.3 is 0 Å². The van der Waals surface area contributed by atoms with E-state index in [0.717, 1.165) is 12.8 Å². The Kier molecular flexibility index (Phi) is 2.47. The van der Waals surface area contributed by atoms with Crippen LogP contribution in [0.3, 0.4) is 0 Å². The number of nitrogens with zero attached hydrogens (tertiary/aromatic N) is 1. The molecule has 1 saturated heterocycles. The zero-order valence-corrected chi connectivity index (χ0v) is 6.63. The van der Waals surface area contributed by atoms with Crippen molar-refractivity contribution in [2.24, 2.45) is 5.84 Å². The van der Waals surface area contributed by atoms with Crippen LogP contribution in [0.4, 0.5) is 0 Å². The van der Waals surface area contributed by atoms with Gasteiger partial charge in [0.25, 0.3) is 5.91 Å². The van der Waals surface area contributed by atoms with E-state index in [1.165, 1.54) is 5.01 Å². The molecule has 1 heterocycles. The Hall–Kier alpha value is -1.05. The molecule has 0 aliphatic carbocycles. The molecule has 1 rings (SSSR count). The quantitative estimate of drug-likeness (QED) is 0.239. The van der Waals surface area contributed by atoms with Gasteiger partial charge in [-0.2, -0.15) is 0 Å². The van der Waals surface area contributed by atoms with Crippen molar-refractivity contribution in [2.45, 2.75) is 19.8 Å². The van der Waals surface area contributed by atoms with Crippen LogP contribution in [-0.4, -0.2) is 17.5 Å². The van der Waals surface area contributed by atoms with Crippen molar-refractivity contribution in [3.05, 3.63) is 17.4 Å². The molecule has 1 aliphatic rings. The van der Waals surface area contributed by atoms with Crippen molar-refractivity contribution in [3.8, 4) is 0 Å². The fourth-order valence-corrected chi connectivity index (χ4v) is 1.12. The summed E-state index contributed by atoms with van der Waals surface area (Å²) in [6, 6.07) is 0. The molecule has 0 aromatic carbocycles. The molecule has 0 unspecified atom stereocenters. The minimum atomic E-state index is -0.0886. The van der Waals surface area contributed by atoms with E-state index in [2.05, 4.69) is 5.73 Å². The lowest BCUT2D eigenvalue weighted by Crippen LogP contribution is -2.41. The Morgan fingerprint density at radius 3 is 3.09 bits per heavy atom. The van der Waals surface area contributed by atoms with E-state index in [1.807, 2.05) is 6.92 Å². The molecule has 3 nitrogen and oxygen atoms in total. The smallest absolute Gasteiger partial charge is 0.271 e. The molecule has 1 amide bonds. The number of amides is 1. The molecule has 1 aliphatic heterocycles. The number of carbonyl (C=O) groups is 1. The van der Waals surface area contributed by atoms with Crippen molar-refractivity contribution in [1.29, 1.82) is 0 Å². The van der Waals surface area contributed by atoms with E-state index in [-0.39, 0.29) is 5.91 Å². The maximum atomic E-state index is 11.2. The number of hydrogen-bond donors (Lipinski definition) is 1. The molecule has 0 bridgehead atoms. The van der Waals surface area contributed by atoms with Crippen LogP contribution in [-0.2, 0) is 4.79 Å². The van der Waals surface area contributed by atoms with E-state index in [4.69, 9.17) is 5.84 Å². The fraction of sp³-hybridized carbons (Fsp3) is 0.500. The molecule has 60 valence electrons. The molecule has 0 spiro atoms. The minimum absolute atomic E-state index is 0.0886. The minimum Gasteiger partial charge on any atom is -0.276 e. The van der Waals surface area contributed by atoms with Gasteiger partial charge in [0.15, 0.2) is 0 Å². The zero-order chi connectivity index (χ0) is 8.27. The maximum absolute atomic E-state index is 11.2. The topological polar surface area (TPSA) is 46.3 Å². The van der Waals surface area contributed by atoms with E-state index in [0.29, 0.717) is 12.1 Å². The summed E-state index contributed by atoms with van der Waals surface area (Å²) in [5.74, 6) is 5.32. The molecule has 0 saturated carbocycles. The second kappa shape index (κ2) is 3.37. The van der Waals surface area contributed by atoms with Crippen molar-refractivity contribution in [1.82, 2.24) is 5.01 Å². The average Bonchev–Trinajstić information content (AvgIpc) is 1.99. The lowest BCUT2D eigenvalue weighted by atomic mass is 10.1. The van der Waals surface area contributed by atoms with Crippen LogP contribution in [0.15, 0.2) is 17.4 Å². The highest BCUT2D eigenvalue weighted by atomic mass is 16.2. The molecule has 0 aromatic heterocycles. The maximum Gasteiger partial charge on any atom is 0.271 e. The van der Waals surface area contributed by atoms with Gasteiger partial charge in [-0.05, 0) is 25.8 Å². The Morgan fingerprint density at radius 1 is 1.73 bits per heavy atom. The first-order valence-corrected chi connectivity index (χ1v) is 3.72. The third kappa shape index (κ3) is 1.70. The fourth-order valence-electron chi connectivity index (χ4n) is 1.12. The summed E-state index contributed by atoms with van der Waals surface area (Å²) in [5.41, 5.74) is 3.58. The zero-order valence-electron chi connectivity index (χ0n) is 6.63. The second-order valence-corrected chi connectivity index (χ2v) is 2.51. The van der Waals surface area contributed by atoms with Gasteiger partial charge in [-0.3, -0.25) is 9.80 Å². The molecule has 2 N–H and O–H groups in total. The number of nitrogens with two attached hydrogens (primary N) is 1. The van der Waals surface area contributed by atoms with Crippen LogP contribution in [0, 0.1) is 0 Å². The molecule has 3 heteroatoms. The number of carbonyl (C=O) groups excluding carboxylic acids is 1. The predicted octanol–water partition coefficient (Wildman–Crippen LogP) is 0.584. The number of hydrogen-bond acceptors (Lipinski definition) is 2. The molecular formula is C8H12N2O. The Morgan fingerprint density at radius 2 is 2.45 bits per heavy atom. The van der Waals surface area contributed by atoms with Gasteiger partial charge in [0.2, 0.25) is 0 Å². The first-order chi connectivity index (χ1) is 5.25. The van der Waals surface area contributed by atoms with Gasteiger partial charge in [-0.15, -0.1) is 5.73 Å². The normalized spacial score (nSPS) is 18.2. The van der Waals surface area contributed by atoms with Crippen molar-refractivity contribution < 1.29 is 4.79 Å². The van der Waals surface area contributed by atoms with Crippen molar-refractivity contribution in [2.75, 3.05) is 6.54 Å². The Bertz CT molecular complexity index is 226. The van der Waals surface area contributed by atoms with Crippen LogP contribution >= 0.6 is 0 Å². The number of rotatable bonds is 0. The summed E-state index contributed by atoms with van der Waals surface area (Å²) in [4.78, 5) is 11.2. The van der Waals surface area contributed by atoms with Gasteiger partial charge in [0.1, 0.15) is 0 Å². The molecule has 11 heavy (non-hydrogen) atoms. The summed E-state index contributed by atoms with van der Waals surface area (Å²) >= 11 is 0. The highest BCUT2D eigenvalue weighted by molar-refractivity contribution is 5.93. The second-order valence-electron chi connectivity index (χ2n) is 2.51. The lowest BCUT2D eigenvalue weighted by molar-refractivity contribution is -0.128. The van der Waals surface area contributed by atoms with Crippen LogP contribution in [0.2, 0.25) is 0 Å². The van der Waals surface area contributed by atoms with Crippen LogP contribution < -0.4 is 5.84 Å². The first kappa shape index (κ1) is 8.05. The molecule has 0 atom stereocenters. The summed E-state index contributed by atoms with van der Waals surface area (Å²) in [6.45, 7) is 2.50. The van der Waals surface area contributed by atoms with Crippen molar-refractivity contribution >= 4 is 5.91 Å². The lowest BCUT2D eigenvalue weighted by Gasteiger charge is -2.22. The van der Waals surface area contributed by atoms with Crippen LogP contribution in [0.25, 0.3) is 0 Å². The van der Waals surface area contributed by atoms with Gasteiger partial charge in [0.05, 0.1) is 5.57 Å². The SMILES string of the molecule is CC=C=C1CCCN(N)C1=O. The van der Waals surface area contributed by atoms with Gasteiger partial charge < -0.3 is 0 Å². The average molecular weight is 152 g/mol. The molecule has 0 aromatic rings. The first-order valence-electron chi connectivity index (χ1n) is 3.72. The predicted molar refractivity (Wildman–Crippen MR) is 42.4 cm³/mol. The third-order valence-corrected chi connectivity index (χ3v) is 1.66. The van der Waals surface area contributed by atoms with Gasteiger partial charge in [-0.25, -0.2) is 5.84 Å². The van der Waals surface area contributed by atoms with E-state index < -0.39 is 0 Å². The summed E-state index contributed by atoms with van der Waals surface area (Å²) in [5, 5.41) is 1.25. The van der Waals surface area contributed by atoms with E-state index in [9.17, 15) is 4.79 Å². The molecular weight excluding hydrogens is 140 g/mol. The Labute approximate surface area is 66.1 Å². The summed E-state index contributed by atoms with van der Waals surface area (Å²) in [7, 11) is 0. The number of hydrazine groups is 1. The number of piperidine rings is 1. The van der Waals surface area contributed by atoms with E-state index >= 15 is 0 Å². The summed E-state index contributed by atoms with van der Waals surface area (Å²) in [6.07, 6.45) is 3.49. The van der Waals surface area contributed by atoms with Crippen LogP contribution in [0.1, 0.15) is 19.8 Å². The standard InChI is InChI=1S/C8H12N2O/c1-2-4-7-5-3-6-10(9)8(7)11/h2H,3,5-6,9H2,1H3. The summed E-state index contributed by atoms with van der Waals surface area (Å²) < 4.78 is 0. The highest BCUT2D eigenvalue weighted by Crippen LogP contribution is 2.12. The van der Waals surface area contributed by atoms with Crippen LogP contribution in [0.5, 0.6) is 0 Å². The van der Waals surface area contributed by atoms with E-state index in [1.54, 1.807) is 6.08 Å². The molecule has 1 fully saturated rings. The van der Waals surface area contributed by atoms with Gasteiger partial charge in [0, 0.05) is 6.54 Å². The largest absolute Gasteiger partial charge is 0.276 e. The van der Waals surface area contributed by atoms with Gasteiger partial charge in [-0.1, -0.05) is 0 Å².